The lowest BCUT2D eigenvalue weighted by Crippen LogP contribution is -2.29. The largest absolute Gasteiger partial charge is 0.301 e. The Labute approximate surface area is 112 Å². The number of carbonyl (C=O) groups excluding carboxylic acids is 2. The maximum absolute atomic E-state index is 11.8. The van der Waals surface area contributed by atoms with Crippen molar-refractivity contribution in [1.29, 1.82) is 0 Å². The minimum Gasteiger partial charge on any atom is -0.301 e. The Hall–Kier alpha value is -1.13. The van der Waals surface area contributed by atoms with Crippen LogP contribution in [0.5, 0.6) is 0 Å². The summed E-state index contributed by atoms with van der Waals surface area (Å²) in [5, 5.41) is 0. The summed E-state index contributed by atoms with van der Waals surface area (Å²) < 4.78 is 0.838. The van der Waals surface area contributed by atoms with Gasteiger partial charge in [0.2, 0.25) is 0 Å². The van der Waals surface area contributed by atoms with Gasteiger partial charge in [-0.15, -0.1) is 11.6 Å². The number of anilines is 1. The van der Waals surface area contributed by atoms with Gasteiger partial charge in [-0.25, -0.2) is 0 Å². The van der Waals surface area contributed by atoms with Gasteiger partial charge in [0.1, 0.15) is 0 Å². The predicted octanol–water partition coefficient (Wildman–Crippen LogP) is 2.77. The van der Waals surface area contributed by atoms with Gasteiger partial charge in [-0.1, -0.05) is 28.1 Å². The lowest BCUT2D eigenvalue weighted by atomic mass is 10.1. The summed E-state index contributed by atoms with van der Waals surface area (Å²) in [7, 11) is 0. The van der Waals surface area contributed by atoms with Crippen LogP contribution in [0.1, 0.15) is 10.4 Å². The van der Waals surface area contributed by atoms with Crippen molar-refractivity contribution >= 4 is 44.9 Å². The van der Waals surface area contributed by atoms with Crippen molar-refractivity contribution in [2.24, 2.45) is 0 Å². The number of amides is 1. The van der Waals surface area contributed by atoms with Gasteiger partial charge in [0.05, 0.1) is 11.3 Å². The number of alkyl halides is 1. The van der Waals surface area contributed by atoms with E-state index in [1.807, 2.05) is 0 Å². The van der Waals surface area contributed by atoms with E-state index in [2.05, 4.69) is 15.9 Å². The van der Waals surface area contributed by atoms with Crippen LogP contribution in [0.4, 0.5) is 5.69 Å². The molecule has 1 aromatic rings. The van der Waals surface area contributed by atoms with Gasteiger partial charge in [-0.2, -0.15) is 0 Å². The molecule has 0 saturated carbocycles. The van der Waals surface area contributed by atoms with Gasteiger partial charge in [0.15, 0.2) is 0 Å². The van der Waals surface area contributed by atoms with E-state index in [1.165, 1.54) is 4.90 Å². The van der Waals surface area contributed by atoms with E-state index >= 15 is 0 Å². The number of fused-ring (bicyclic) bond motifs is 1. The third kappa shape index (κ3) is 2.28. The molecule has 0 aromatic heterocycles. The van der Waals surface area contributed by atoms with Crippen LogP contribution in [-0.2, 0) is 4.79 Å². The number of halogens is 2. The van der Waals surface area contributed by atoms with Crippen LogP contribution in [0, 0.1) is 0 Å². The van der Waals surface area contributed by atoms with E-state index < -0.39 is 11.7 Å². The Balaban J connectivity index is 2.36. The molecule has 88 valence electrons. The summed E-state index contributed by atoms with van der Waals surface area (Å²) in [6.45, 7) is 0.362. The second-order valence-electron chi connectivity index (χ2n) is 3.53. The summed E-state index contributed by atoms with van der Waals surface area (Å²) in [5.74, 6) is -0.550. The topological polar surface area (TPSA) is 37.4 Å². The monoisotopic (exact) mass is 313 g/mol. The highest BCUT2D eigenvalue weighted by molar-refractivity contribution is 9.10. The zero-order valence-electron chi connectivity index (χ0n) is 8.82. The summed E-state index contributed by atoms with van der Waals surface area (Å²) in [4.78, 5) is 24.9. The molecule has 0 saturated heterocycles. The van der Waals surface area contributed by atoms with Crippen LogP contribution in [0.3, 0.4) is 0 Å². The van der Waals surface area contributed by atoms with Crippen LogP contribution in [-0.4, -0.2) is 24.1 Å². The smallest absolute Gasteiger partial charge is 0.299 e. The molecular weight excluding hydrogens is 305 g/mol. The molecule has 2 rings (SSSR count). The lowest BCUT2D eigenvalue weighted by molar-refractivity contribution is -0.114. The highest BCUT2D eigenvalue weighted by Gasteiger charge is 2.34. The number of rotatable bonds is 3. The first-order valence-electron chi connectivity index (χ1n) is 5.02. The second kappa shape index (κ2) is 5.02. The molecule has 0 N–H and O–H groups in total. The zero-order chi connectivity index (χ0) is 12.4. The average Bonchev–Trinajstić information content (AvgIpc) is 2.54. The summed E-state index contributed by atoms with van der Waals surface area (Å²) in [6, 6.07) is 5.18. The van der Waals surface area contributed by atoms with Crippen LogP contribution >= 0.6 is 27.5 Å². The third-order valence-electron chi connectivity index (χ3n) is 2.48. The number of allylic oxidation sites excluding steroid dienone is 1. The van der Waals surface area contributed by atoms with Crippen molar-refractivity contribution in [2.45, 2.75) is 0 Å². The first kappa shape index (κ1) is 12.3. The first-order valence-corrected chi connectivity index (χ1v) is 6.34. The van der Waals surface area contributed by atoms with Crippen molar-refractivity contribution in [3.63, 3.8) is 0 Å². The molecule has 1 aliphatic heterocycles. The Morgan fingerprint density at radius 1 is 1.29 bits per heavy atom. The molecule has 3 nitrogen and oxygen atoms in total. The summed E-state index contributed by atoms with van der Waals surface area (Å²) in [5.41, 5.74) is 1.10. The molecule has 1 aliphatic rings. The fraction of sp³-hybridized carbons (Fsp3) is 0.167. The fourth-order valence-corrected chi connectivity index (χ4v) is 2.17. The molecule has 1 amide bonds. The van der Waals surface area contributed by atoms with Gasteiger partial charge >= 0.3 is 0 Å². The van der Waals surface area contributed by atoms with Gasteiger partial charge in [0.25, 0.3) is 11.7 Å². The van der Waals surface area contributed by atoms with E-state index in [0.717, 1.165) is 4.47 Å². The Kier molecular flexibility index (Phi) is 3.64. The number of hydrogen-bond acceptors (Lipinski definition) is 2. The highest BCUT2D eigenvalue weighted by atomic mass is 79.9. The van der Waals surface area contributed by atoms with Gasteiger partial charge in [-0.3, -0.25) is 9.59 Å². The number of hydrogen-bond donors (Lipinski definition) is 0. The Morgan fingerprint density at radius 3 is 2.76 bits per heavy atom. The van der Waals surface area contributed by atoms with E-state index in [1.54, 1.807) is 30.4 Å². The lowest BCUT2D eigenvalue weighted by Gasteiger charge is -2.13. The summed E-state index contributed by atoms with van der Waals surface area (Å²) >= 11 is 8.84. The SMILES string of the molecule is O=C1C(=O)N(CC=CCCl)c2cc(Br)ccc21. The minimum atomic E-state index is -0.489. The predicted molar refractivity (Wildman–Crippen MR) is 70.7 cm³/mol. The van der Waals surface area contributed by atoms with Crippen LogP contribution in [0.25, 0.3) is 0 Å². The number of nitrogens with zero attached hydrogens (tertiary/aromatic N) is 1. The van der Waals surface area contributed by atoms with Gasteiger partial charge < -0.3 is 4.90 Å². The molecular formula is C12H9BrClNO2. The second-order valence-corrected chi connectivity index (χ2v) is 4.76. The normalized spacial score (nSPS) is 14.8. The van der Waals surface area contributed by atoms with Crippen molar-refractivity contribution < 1.29 is 9.59 Å². The first-order chi connectivity index (χ1) is 8.15. The molecule has 5 heteroatoms. The third-order valence-corrected chi connectivity index (χ3v) is 3.15. The van der Waals surface area contributed by atoms with Crippen LogP contribution in [0.15, 0.2) is 34.8 Å². The molecule has 1 aromatic carbocycles. The number of benzene rings is 1. The maximum Gasteiger partial charge on any atom is 0.299 e. The molecule has 1 heterocycles. The molecule has 0 unspecified atom stereocenters. The van der Waals surface area contributed by atoms with E-state index in [-0.39, 0.29) is 0 Å². The number of Topliss-reactive ketones (excluding diaryl/α,β-unsaturated/α-hetero) is 1. The van der Waals surface area contributed by atoms with Crippen molar-refractivity contribution in [1.82, 2.24) is 0 Å². The maximum atomic E-state index is 11.8. The van der Waals surface area contributed by atoms with Crippen LogP contribution < -0.4 is 4.90 Å². The van der Waals surface area contributed by atoms with Crippen molar-refractivity contribution in [2.75, 3.05) is 17.3 Å². The average molecular weight is 315 g/mol. The van der Waals surface area contributed by atoms with Crippen LogP contribution in [0.2, 0.25) is 0 Å². The molecule has 0 bridgehead atoms. The van der Waals surface area contributed by atoms with Crippen molar-refractivity contribution in [3.05, 3.63) is 40.4 Å². The van der Waals surface area contributed by atoms with Crippen molar-refractivity contribution in [3.8, 4) is 0 Å². The molecule has 0 atom stereocenters. The molecule has 0 aliphatic carbocycles. The highest BCUT2D eigenvalue weighted by Crippen LogP contribution is 2.31. The number of ketones is 1. The molecule has 0 fully saturated rings. The van der Waals surface area contributed by atoms with Gasteiger partial charge in [-0.05, 0) is 18.2 Å². The quantitative estimate of drug-likeness (QED) is 0.489. The summed E-state index contributed by atoms with van der Waals surface area (Å²) in [6.07, 6.45) is 3.52. The molecule has 0 spiro atoms. The number of carbonyl (C=O) groups is 2. The fourth-order valence-electron chi connectivity index (χ4n) is 1.69. The Bertz CT molecular complexity index is 513. The molecule has 0 radical (unpaired) electrons. The molecule has 17 heavy (non-hydrogen) atoms. The van der Waals surface area contributed by atoms with E-state index in [4.69, 9.17) is 11.6 Å². The van der Waals surface area contributed by atoms with Gasteiger partial charge in [0, 0.05) is 16.9 Å². The standard InChI is InChI=1S/C12H9BrClNO2/c13-8-3-4-9-10(7-8)15(6-2-1-5-14)12(17)11(9)16/h1-4,7H,5-6H2. The van der Waals surface area contributed by atoms with E-state index in [0.29, 0.717) is 23.7 Å². The van der Waals surface area contributed by atoms with E-state index in [9.17, 15) is 9.59 Å². The zero-order valence-corrected chi connectivity index (χ0v) is 11.2. The Morgan fingerprint density at radius 2 is 2.06 bits per heavy atom. The minimum absolute atomic E-state index is 0.362.